The molecule has 1 aliphatic rings. The summed E-state index contributed by atoms with van der Waals surface area (Å²) < 4.78 is 14.8. The lowest BCUT2D eigenvalue weighted by Crippen LogP contribution is -2.23. The Hall–Kier alpha value is -4.32. The average Bonchev–Trinajstić information content (AvgIpc) is 3.34. The van der Waals surface area contributed by atoms with Gasteiger partial charge in [0.1, 0.15) is 12.1 Å². The number of rotatable bonds is 6. The number of benzene rings is 3. The van der Waals surface area contributed by atoms with E-state index in [0.29, 0.717) is 39.1 Å². The number of hydrogen-bond acceptors (Lipinski definition) is 6. The maximum atomic E-state index is 14.8. The number of fused-ring (bicyclic) bond motifs is 1. The summed E-state index contributed by atoms with van der Waals surface area (Å²) in [7, 11) is 2.04. The topological polar surface area (TPSA) is 93.9 Å². The number of carbonyl (C=O) groups is 1. The first kappa shape index (κ1) is 25.3. The normalized spacial score (nSPS) is 15.6. The van der Waals surface area contributed by atoms with Crippen LogP contribution in [-0.2, 0) is 4.79 Å². The van der Waals surface area contributed by atoms with Gasteiger partial charge in [0.25, 0.3) is 0 Å². The Balaban J connectivity index is 1.63. The van der Waals surface area contributed by atoms with Gasteiger partial charge in [-0.2, -0.15) is 5.26 Å². The molecule has 9 heteroatoms. The molecular formula is C29H24ClFN6O. The van der Waals surface area contributed by atoms with E-state index < -0.39 is 5.82 Å². The second-order valence-electron chi connectivity index (χ2n) is 9.06. The Morgan fingerprint density at radius 3 is 2.82 bits per heavy atom. The van der Waals surface area contributed by atoms with E-state index in [2.05, 4.69) is 31.6 Å². The number of hydrogen-bond donors (Lipinski definition) is 2. The van der Waals surface area contributed by atoms with Gasteiger partial charge in [-0.15, -0.1) is 0 Å². The molecule has 4 aromatic rings. The highest BCUT2D eigenvalue weighted by atomic mass is 35.5. The van der Waals surface area contributed by atoms with E-state index in [9.17, 15) is 14.4 Å². The molecule has 0 aliphatic carbocycles. The van der Waals surface area contributed by atoms with Crippen molar-refractivity contribution in [2.75, 3.05) is 24.2 Å². The first-order valence-electron chi connectivity index (χ1n) is 12.1. The average molecular weight is 527 g/mol. The summed E-state index contributed by atoms with van der Waals surface area (Å²) in [4.78, 5) is 24.0. The second-order valence-corrected chi connectivity index (χ2v) is 9.47. The lowest BCUT2D eigenvalue weighted by atomic mass is 9.97. The van der Waals surface area contributed by atoms with Gasteiger partial charge in [-0.25, -0.2) is 14.4 Å². The summed E-state index contributed by atoms with van der Waals surface area (Å²) >= 11 is 5.99. The Labute approximate surface area is 224 Å². The number of anilines is 3. The molecule has 1 aromatic heterocycles. The van der Waals surface area contributed by atoms with E-state index in [4.69, 9.17) is 11.6 Å². The highest BCUT2D eigenvalue weighted by Gasteiger charge is 2.20. The third-order valence-electron chi connectivity index (χ3n) is 6.59. The molecule has 2 heterocycles. The molecule has 7 nitrogen and oxygen atoms in total. The summed E-state index contributed by atoms with van der Waals surface area (Å²) in [5, 5.41) is 16.1. The molecule has 1 unspecified atom stereocenters. The number of amides is 1. The molecule has 190 valence electrons. The molecule has 1 fully saturated rings. The molecule has 1 atom stereocenters. The molecule has 1 saturated heterocycles. The summed E-state index contributed by atoms with van der Waals surface area (Å²) in [6, 6.07) is 17.6. The number of nitrogens with one attached hydrogen (secondary N) is 2. The number of likely N-dealkylation sites (N-methyl/N-ethyl adjacent to an activating group) is 1. The quantitative estimate of drug-likeness (QED) is 0.287. The smallest absolute Gasteiger partial charge is 0.248 e. The van der Waals surface area contributed by atoms with Crippen LogP contribution in [0.2, 0.25) is 5.02 Å². The molecule has 5 rings (SSSR count). The molecule has 0 spiro atoms. The standard InChI is InChI=1S/C29H24ClFN6O/c1-37-14-4-7-20(37)10-13-25(38)35-23-12-11-22-27(26(23)19-6-2-5-18(15-19)16-32)29(34-17-33-22)36-24-9-3-8-21(30)28(24)31/h2-3,5-6,8-13,15,17,20H,4,7,14H2,1H3,(H,35,38)(H,33,34,36). The Kier molecular flexibility index (Phi) is 7.31. The maximum Gasteiger partial charge on any atom is 0.248 e. The maximum absolute atomic E-state index is 14.8. The molecule has 0 saturated carbocycles. The first-order chi connectivity index (χ1) is 18.4. The van der Waals surface area contributed by atoms with Gasteiger partial charge in [0, 0.05) is 23.4 Å². The minimum Gasteiger partial charge on any atom is -0.337 e. The van der Waals surface area contributed by atoms with E-state index in [1.165, 1.54) is 12.4 Å². The summed E-state index contributed by atoms with van der Waals surface area (Å²) in [5.41, 5.74) is 2.95. The molecule has 0 radical (unpaired) electrons. The first-order valence-corrected chi connectivity index (χ1v) is 12.5. The molecule has 38 heavy (non-hydrogen) atoms. The van der Waals surface area contributed by atoms with Crippen molar-refractivity contribution in [3.05, 3.63) is 89.5 Å². The number of halogens is 2. The van der Waals surface area contributed by atoms with Crippen molar-refractivity contribution in [2.45, 2.75) is 18.9 Å². The van der Waals surface area contributed by atoms with Crippen LogP contribution in [0.5, 0.6) is 0 Å². The fourth-order valence-corrected chi connectivity index (χ4v) is 4.85. The Morgan fingerprint density at radius 2 is 2.03 bits per heavy atom. The minimum absolute atomic E-state index is 0.0250. The van der Waals surface area contributed by atoms with Crippen LogP contribution in [-0.4, -0.2) is 40.4 Å². The van der Waals surface area contributed by atoms with Crippen molar-refractivity contribution in [1.29, 1.82) is 5.26 Å². The van der Waals surface area contributed by atoms with Crippen LogP contribution in [0.4, 0.5) is 21.6 Å². The van der Waals surface area contributed by atoms with Crippen LogP contribution >= 0.6 is 11.6 Å². The third-order valence-corrected chi connectivity index (χ3v) is 6.89. The largest absolute Gasteiger partial charge is 0.337 e. The molecule has 3 aromatic carbocycles. The van der Waals surface area contributed by atoms with Crippen LogP contribution in [0, 0.1) is 17.1 Å². The van der Waals surface area contributed by atoms with Crippen molar-refractivity contribution in [1.82, 2.24) is 14.9 Å². The zero-order chi connectivity index (χ0) is 26.6. The SMILES string of the molecule is CN1CCCC1C=CC(=O)Nc1ccc2ncnc(Nc3cccc(Cl)c3F)c2c1-c1cccc(C#N)c1. The van der Waals surface area contributed by atoms with E-state index in [-0.39, 0.29) is 22.7 Å². The van der Waals surface area contributed by atoms with Crippen LogP contribution in [0.3, 0.4) is 0 Å². The molecular weight excluding hydrogens is 503 g/mol. The van der Waals surface area contributed by atoms with Crippen molar-refractivity contribution >= 4 is 45.6 Å². The highest BCUT2D eigenvalue weighted by molar-refractivity contribution is 6.31. The van der Waals surface area contributed by atoms with Gasteiger partial charge >= 0.3 is 0 Å². The van der Waals surface area contributed by atoms with Crippen molar-refractivity contribution in [2.24, 2.45) is 0 Å². The lowest BCUT2D eigenvalue weighted by Gasteiger charge is -2.17. The van der Waals surface area contributed by atoms with Gasteiger partial charge in [-0.05, 0) is 68.4 Å². The zero-order valence-corrected chi connectivity index (χ0v) is 21.3. The van der Waals surface area contributed by atoms with Crippen LogP contribution in [0.25, 0.3) is 22.0 Å². The van der Waals surface area contributed by atoms with Crippen LogP contribution in [0.1, 0.15) is 18.4 Å². The fraction of sp³-hybridized carbons (Fsp3) is 0.172. The number of carbonyl (C=O) groups excluding carboxylic acids is 1. The zero-order valence-electron chi connectivity index (χ0n) is 20.6. The van der Waals surface area contributed by atoms with Gasteiger partial charge in [0.05, 0.1) is 33.2 Å². The van der Waals surface area contributed by atoms with E-state index in [0.717, 1.165) is 19.4 Å². The Bertz CT molecular complexity index is 1600. The van der Waals surface area contributed by atoms with Gasteiger partial charge in [0.15, 0.2) is 5.82 Å². The van der Waals surface area contributed by atoms with Gasteiger partial charge < -0.3 is 10.6 Å². The molecule has 0 bridgehead atoms. The predicted molar refractivity (Wildman–Crippen MR) is 148 cm³/mol. The molecule has 1 aliphatic heterocycles. The minimum atomic E-state index is -0.611. The number of nitrogens with zero attached hydrogens (tertiary/aromatic N) is 4. The van der Waals surface area contributed by atoms with Crippen molar-refractivity contribution in [3.63, 3.8) is 0 Å². The Morgan fingerprint density at radius 1 is 1.18 bits per heavy atom. The van der Waals surface area contributed by atoms with Gasteiger partial charge in [-0.3, -0.25) is 9.69 Å². The number of nitriles is 1. The molecule has 1 amide bonds. The van der Waals surface area contributed by atoms with Gasteiger partial charge in [-0.1, -0.05) is 35.9 Å². The van der Waals surface area contributed by atoms with Crippen LogP contribution < -0.4 is 10.6 Å². The summed E-state index contributed by atoms with van der Waals surface area (Å²) in [5.74, 6) is -0.567. The summed E-state index contributed by atoms with van der Waals surface area (Å²) in [6.07, 6.45) is 6.95. The summed E-state index contributed by atoms with van der Waals surface area (Å²) in [6.45, 7) is 1.00. The second kappa shape index (κ2) is 11.0. The van der Waals surface area contributed by atoms with Crippen molar-refractivity contribution in [3.8, 4) is 17.2 Å². The van der Waals surface area contributed by atoms with Crippen molar-refractivity contribution < 1.29 is 9.18 Å². The van der Waals surface area contributed by atoms with E-state index in [1.54, 1.807) is 48.5 Å². The molecule has 2 N–H and O–H groups in total. The predicted octanol–water partition coefficient (Wildman–Crippen LogP) is 6.29. The third kappa shape index (κ3) is 5.21. The monoisotopic (exact) mass is 526 g/mol. The number of likely N-dealkylation sites (tertiary alicyclic amines) is 1. The van der Waals surface area contributed by atoms with Crippen LogP contribution in [0.15, 0.2) is 73.1 Å². The lowest BCUT2D eigenvalue weighted by molar-refractivity contribution is -0.111. The fourth-order valence-electron chi connectivity index (χ4n) is 4.68. The number of aromatic nitrogens is 2. The van der Waals surface area contributed by atoms with E-state index in [1.807, 2.05) is 19.2 Å². The van der Waals surface area contributed by atoms with E-state index >= 15 is 0 Å². The van der Waals surface area contributed by atoms with Gasteiger partial charge in [0.2, 0.25) is 5.91 Å². The highest BCUT2D eigenvalue weighted by Crippen LogP contribution is 2.39.